The molecule has 0 aromatic heterocycles. The van der Waals surface area contributed by atoms with Crippen molar-refractivity contribution in [3.05, 3.63) is 0 Å². The molecule has 0 aromatic carbocycles. The molecule has 1 heterocycles. The molecule has 1 unspecified atom stereocenters. The first-order valence-electron chi connectivity index (χ1n) is 6.71. The molecule has 4 heteroatoms. The molecule has 0 aromatic rings. The Balaban J connectivity index is 2.28. The van der Waals surface area contributed by atoms with E-state index in [0.29, 0.717) is 5.92 Å². The van der Waals surface area contributed by atoms with E-state index in [9.17, 15) is 4.79 Å². The van der Waals surface area contributed by atoms with Crippen LogP contribution in [0.3, 0.4) is 0 Å². The van der Waals surface area contributed by atoms with Gasteiger partial charge in [0.15, 0.2) is 0 Å². The lowest BCUT2D eigenvalue weighted by atomic mass is 9.94. The third-order valence-electron chi connectivity index (χ3n) is 3.68. The van der Waals surface area contributed by atoms with Crippen molar-refractivity contribution in [3.63, 3.8) is 0 Å². The number of rotatable bonds is 5. The lowest BCUT2D eigenvalue weighted by Gasteiger charge is -2.30. The van der Waals surface area contributed by atoms with Gasteiger partial charge in [-0.2, -0.15) is 0 Å². The highest BCUT2D eigenvalue weighted by molar-refractivity contribution is 5.85. The molecule has 1 atom stereocenters. The molecule has 0 aliphatic carbocycles. The van der Waals surface area contributed by atoms with Crippen molar-refractivity contribution in [2.24, 2.45) is 11.7 Å². The fourth-order valence-electron chi connectivity index (χ4n) is 2.34. The molecule has 4 nitrogen and oxygen atoms in total. The molecular weight excluding hydrogens is 214 g/mol. The van der Waals surface area contributed by atoms with Gasteiger partial charge in [-0.25, -0.2) is 0 Å². The fraction of sp³-hybridized carbons (Fsp3) is 0.923. The number of carbonyl (C=O) groups is 1. The number of nitrogens with zero attached hydrogens (tertiary/aromatic N) is 1. The minimum atomic E-state index is -0.708. The largest absolute Gasteiger partial charge is 0.354 e. The zero-order valence-corrected chi connectivity index (χ0v) is 11.5. The smallest absolute Gasteiger partial charge is 0.239 e. The first-order chi connectivity index (χ1) is 7.95. The van der Waals surface area contributed by atoms with Crippen LogP contribution in [0.25, 0.3) is 0 Å². The standard InChI is InChI=1S/C13H27N3O/c1-4-7-13(2,14)12(17)15-10-11-5-8-16(3)9-6-11/h11H,4-10,14H2,1-3H3,(H,15,17). The summed E-state index contributed by atoms with van der Waals surface area (Å²) < 4.78 is 0. The van der Waals surface area contributed by atoms with E-state index >= 15 is 0 Å². The number of likely N-dealkylation sites (tertiary alicyclic amines) is 1. The number of piperidine rings is 1. The van der Waals surface area contributed by atoms with E-state index in [0.717, 1.165) is 32.5 Å². The van der Waals surface area contributed by atoms with Gasteiger partial charge in [0.05, 0.1) is 5.54 Å². The molecule has 0 bridgehead atoms. The van der Waals surface area contributed by atoms with Crippen LogP contribution < -0.4 is 11.1 Å². The summed E-state index contributed by atoms with van der Waals surface area (Å²) in [6.07, 6.45) is 4.03. The molecule has 1 saturated heterocycles. The Morgan fingerprint density at radius 2 is 2.06 bits per heavy atom. The molecule has 0 spiro atoms. The van der Waals surface area contributed by atoms with Crippen molar-refractivity contribution in [2.75, 3.05) is 26.7 Å². The molecule has 17 heavy (non-hydrogen) atoms. The maximum atomic E-state index is 11.9. The van der Waals surface area contributed by atoms with Gasteiger partial charge in [0.25, 0.3) is 0 Å². The van der Waals surface area contributed by atoms with E-state index in [2.05, 4.69) is 24.2 Å². The van der Waals surface area contributed by atoms with Gasteiger partial charge >= 0.3 is 0 Å². The number of amides is 1. The second-order valence-corrected chi connectivity index (χ2v) is 5.62. The van der Waals surface area contributed by atoms with E-state index in [4.69, 9.17) is 5.73 Å². The summed E-state index contributed by atoms with van der Waals surface area (Å²) in [5, 5.41) is 3.01. The van der Waals surface area contributed by atoms with Crippen LogP contribution >= 0.6 is 0 Å². The quantitative estimate of drug-likeness (QED) is 0.754. The molecular formula is C13H27N3O. The summed E-state index contributed by atoms with van der Waals surface area (Å²) in [5.74, 6) is 0.617. The van der Waals surface area contributed by atoms with E-state index < -0.39 is 5.54 Å². The number of hydrogen-bond acceptors (Lipinski definition) is 3. The number of nitrogens with two attached hydrogens (primary N) is 1. The highest BCUT2D eigenvalue weighted by atomic mass is 16.2. The maximum Gasteiger partial charge on any atom is 0.239 e. The average molecular weight is 241 g/mol. The second kappa shape index (κ2) is 6.36. The van der Waals surface area contributed by atoms with E-state index in [-0.39, 0.29) is 5.91 Å². The number of carbonyl (C=O) groups excluding carboxylic acids is 1. The Kier molecular flexibility index (Phi) is 5.40. The Bertz CT molecular complexity index is 245. The van der Waals surface area contributed by atoms with Crippen molar-refractivity contribution in [1.82, 2.24) is 10.2 Å². The zero-order valence-electron chi connectivity index (χ0n) is 11.5. The SMILES string of the molecule is CCCC(C)(N)C(=O)NCC1CCN(C)CC1. The van der Waals surface area contributed by atoms with Gasteiger partial charge in [-0.15, -0.1) is 0 Å². The Hall–Kier alpha value is -0.610. The van der Waals surface area contributed by atoms with Crippen LogP contribution in [0.2, 0.25) is 0 Å². The van der Waals surface area contributed by atoms with Gasteiger partial charge in [0.1, 0.15) is 0 Å². The van der Waals surface area contributed by atoms with Crippen molar-refractivity contribution < 1.29 is 4.79 Å². The molecule has 3 N–H and O–H groups in total. The summed E-state index contributed by atoms with van der Waals surface area (Å²) in [7, 11) is 2.15. The average Bonchev–Trinajstić information content (AvgIpc) is 2.27. The summed E-state index contributed by atoms with van der Waals surface area (Å²) in [5.41, 5.74) is 5.28. The molecule has 1 aliphatic heterocycles. The van der Waals surface area contributed by atoms with Gasteiger partial charge < -0.3 is 16.0 Å². The van der Waals surface area contributed by atoms with Gasteiger partial charge in [-0.1, -0.05) is 13.3 Å². The summed E-state index contributed by atoms with van der Waals surface area (Å²) in [6.45, 7) is 6.92. The molecule has 0 saturated carbocycles. The van der Waals surface area contributed by atoms with Crippen molar-refractivity contribution in [1.29, 1.82) is 0 Å². The van der Waals surface area contributed by atoms with Crippen LogP contribution in [0.4, 0.5) is 0 Å². The third-order valence-corrected chi connectivity index (χ3v) is 3.68. The summed E-state index contributed by atoms with van der Waals surface area (Å²) in [6, 6.07) is 0. The fourth-order valence-corrected chi connectivity index (χ4v) is 2.34. The molecule has 0 radical (unpaired) electrons. The zero-order chi connectivity index (χ0) is 12.9. The minimum Gasteiger partial charge on any atom is -0.354 e. The summed E-state index contributed by atoms with van der Waals surface area (Å²) in [4.78, 5) is 14.3. The highest BCUT2D eigenvalue weighted by Crippen LogP contribution is 2.15. The topological polar surface area (TPSA) is 58.4 Å². The van der Waals surface area contributed by atoms with E-state index in [1.807, 2.05) is 6.92 Å². The third kappa shape index (κ3) is 4.64. The van der Waals surface area contributed by atoms with Crippen LogP contribution in [0.5, 0.6) is 0 Å². The van der Waals surface area contributed by atoms with Gasteiger partial charge in [-0.3, -0.25) is 4.79 Å². The molecule has 100 valence electrons. The lowest BCUT2D eigenvalue weighted by Crippen LogP contribution is -2.52. The Morgan fingerprint density at radius 1 is 1.47 bits per heavy atom. The molecule has 1 rings (SSSR count). The number of hydrogen-bond donors (Lipinski definition) is 2. The first kappa shape index (κ1) is 14.5. The predicted molar refractivity (Wildman–Crippen MR) is 70.7 cm³/mol. The Labute approximate surface area is 105 Å². The number of nitrogens with one attached hydrogen (secondary N) is 1. The summed E-state index contributed by atoms with van der Waals surface area (Å²) >= 11 is 0. The first-order valence-corrected chi connectivity index (χ1v) is 6.71. The van der Waals surface area contributed by atoms with Crippen LogP contribution in [0.1, 0.15) is 39.5 Å². The van der Waals surface area contributed by atoms with Crippen LogP contribution in [-0.2, 0) is 4.79 Å². The Morgan fingerprint density at radius 3 is 2.59 bits per heavy atom. The molecule has 1 fully saturated rings. The van der Waals surface area contributed by atoms with E-state index in [1.54, 1.807) is 0 Å². The monoisotopic (exact) mass is 241 g/mol. The lowest BCUT2D eigenvalue weighted by molar-refractivity contribution is -0.126. The van der Waals surface area contributed by atoms with Gasteiger partial charge in [0.2, 0.25) is 5.91 Å². The minimum absolute atomic E-state index is 0.00159. The van der Waals surface area contributed by atoms with Gasteiger partial charge in [0, 0.05) is 6.54 Å². The van der Waals surface area contributed by atoms with Crippen molar-refractivity contribution >= 4 is 5.91 Å². The van der Waals surface area contributed by atoms with Crippen LogP contribution in [-0.4, -0.2) is 43.0 Å². The predicted octanol–water partition coefficient (Wildman–Crippen LogP) is 0.962. The van der Waals surface area contributed by atoms with Gasteiger partial charge in [-0.05, 0) is 52.2 Å². The van der Waals surface area contributed by atoms with Crippen LogP contribution in [0.15, 0.2) is 0 Å². The highest BCUT2D eigenvalue weighted by Gasteiger charge is 2.27. The van der Waals surface area contributed by atoms with Crippen molar-refractivity contribution in [3.8, 4) is 0 Å². The maximum absolute atomic E-state index is 11.9. The van der Waals surface area contributed by atoms with E-state index in [1.165, 1.54) is 12.8 Å². The normalized spacial score (nSPS) is 22.1. The van der Waals surface area contributed by atoms with Crippen molar-refractivity contribution in [2.45, 2.75) is 45.1 Å². The van der Waals surface area contributed by atoms with Crippen LogP contribution in [0, 0.1) is 5.92 Å². The molecule has 1 amide bonds. The molecule has 1 aliphatic rings. The second-order valence-electron chi connectivity index (χ2n) is 5.62.